The number of nitrogens with two attached hydrogens (primary N) is 1. The third-order valence-electron chi connectivity index (χ3n) is 0.800. The highest BCUT2D eigenvalue weighted by atomic mass is 35.6. The molecular weight excluding hydrogens is 203 g/mol. The first-order valence-corrected chi connectivity index (χ1v) is 4.16. The minimum Gasteiger partial charge on any atom is -0.399 e. The second-order valence-electron chi connectivity index (χ2n) is 1.66. The molecule has 0 heterocycles. The number of nitrogen functional groups attached to an aromatic ring is 1. The van der Waals surface area contributed by atoms with Crippen LogP contribution in [0.2, 0.25) is 0 Å². The van der Waals surface area contributed by atoms with Crippen LogP contribution in [0.3, 0.4) is 0 Å². The molecule has 0 fully saturated rings. The Hall–Kier alpha value is -0.0451. The zero-order chi connectivity index (χ0) is 8.69. The fraction of sp³-hybridized carbons (Fsp3) is 0. The van der Waals surface area contributed by atoms with Gasteiger partial charge in [0.15, 0.2) is 0 Å². The topological polar surface area (TPSA) is 26.0 Å². The van der Waals surface area contributed by atoms with E-state index in [0.29, 0.717) is 0 Å². The van der Waals surface area contributed by atoms with Gasteiger partial charge in [-0.05, 0) is 12.1 Å². The van der Waals surface area contributed by atoms with Gasteiger partial charge in [0.05, 0.1) is 0 Å². The van der Waals surface area contributed by atoms with Crippen LogP contribution in [-0.2, 0) is 0 Å². The second-order valence-corrected chi connectivity index (χ2v) is 3.64. The number of hydrogen-bond acceptors (Lipinski definition) is 1. The van der Waals surface area contributed by atoms with E-state index in [9.17, 15) is 0 Å². The number of benzene rings is 1. The fourth-order valence-electron chi connectivity index (χ4n) is 0.453. The maximum Gasteiger partial charge on any atom is 0.450 e. The SMILES string of the molecule is ClB(Cl)Cl.Nc1ccccc1. The van der Waals surface area contributed by atoms with Crippen molar-refractivity contribution in [3.05, 3.63) is 30.3 Å². The Balaban J connectivity index is 0.000000218. The summed E-state index contributed by atoms with van der Waals surface area (Å²) < 4.78 is 0. The largest absolute Gasteiger partial charge is 0.450 e. The number of rotatable bonds is 0. The summed E-state index contributed by atoms with van der Waals surface area (Å²) in [5.74, 6) is 0. The monoisotopic (exact) mass is 209 g/mol. The number of halogens is 3. The molecule has 0 bridgehead atoms. The van der Waals surface area contributed by atoms with Gasteiger partial charge >= 0.3 is 4.96 Å². The molecular formula is C6H7BCl3N. The van der Waals surface area contributed by atoms with Crippen molar-refractivity contribution in [2.75, 3.05) is 5.73 Å². The predicted molar refractivity (Wildman–Crippen MR) is 54.2 cm³/mol. The molecule has 0 spiro atoms. The fourth-order valence-corrected chi connectivity index (χ4v) is 0.453. The maximum atomic E-state index is 5.36. The second kappa shape index (κ2) is 6.65. The van der Waals surface area contributed by atoms with E-state index in [2.05, 4.69) is 0 Å². The highest BCUT2D eigenvalue weighted by molar-refractivity contribution is 7.54. The summed E-state index contributed by atoms with van der Waals surface area (Å²) in [6, 6.07) is 9.49. The van der Waals surface area contributed by atoms with Crippen LogP contribution in [0.5, 0.6) is 0 Å². The van der Waals surface area contributed by atoms with Gasteiger partial charge in [0, 0.05) is 5.69 Å². The molecule has 1 aromatic carbocycles. The Morgan fingerprint density at radius 2 is 1.36 bits per heavy atom. The highest BCUT2D eigenvalue weighted by Gasteiger charge is 1.91. The zero-order valence-corrected chi connectivity index (χ0v) is 7.94. The van der Waals surface area contributed by atoms with Gasteiger partial charge < -0.3 is 5.73 Å². The van der Waals surface area contributed by atoms with Gasteiger partial charge in [0.1, 0.15) is 0 Å². The van der Waals surface area contributed by atoms with Gasteiger partial charge in [-0.15, -0.1) is 0 Å². The molecule has 5 heteroatoms. The van der Waals surface area contributed by atoms with Gasteiger partial charge in [-0.2, -0.15) is 34.4 Å². The third-order valence-corrected chi connectivity index (χ3v) is 0.800. The van der Waals surface area contributed by atoms with Crippen LogP contribution < -0.4 is 5.73 Å². The van der Waals surface area contributed by atoms with Crippen molar-refractivity contribution in [2.24, 2.45) is 0 Å². The van der Waals surface area contributed by atoms with E-state index in [1.165, 1.54) is 0 Å². The van der Waals surface area contributed by atoms with E-state index >= 15 is 0 Å². The van der Waals surface area contributed by atoms with Gasteiger partial charge in [-0.1, -0.05) is 18.2 Å². The molecule has 2 N–H and O–H groups in total. The van der Waals surface area contributed by atoms with Crippen molar-refractivity contribution in [3.63, 3.8) is 0 Å². The Labute approximate surface area is 81.3 Å². The molecule has 1 rings (SSSR count). The van der Waals surface area contributed by atoms with Crippen molar-refractivity contribution in [2.45, 2.75) is 0 Å². The highest BCUT2D eigenvalue weighted by Crippen LogP contribution is 1.97. The summed E-state index contributed by atoms with van der Waals surface area (Å²) in [5, 5.41) is 0. The van der Waals surface area contributed by atoms with Crippen molar-refractivity contribution >= 4 is 45.0 Å². The molecule has 0 unspecified atom stereocenters. The predicted octanol–water partition coefficient (Wildman–Crippen LogP) is 2.96. The quantitative estimate of drug-likeness (QED) is 0.517. The minimum absolute atomic E-state index is 0.750. The van der Waals surface area contributed by atoms with Crippen LogP contribution in [0.1, 0.15) is 0 Å². The average molecular weight is 210 g/mol. The molecule has 0 aliphatic carbocycles. The zero-order valence-electron chi connectivity index (χ0n) is 5.68. The molecule has 0 saturated carbocycles. The summed E-state index contributed by atoms with van der Waals surface area (Å²) in [6.45, 7) is 0. The van der Waals surface area contributed by atoms with Crippen LogP contribution in [0.15, 0.2) is 30.3 Å². The molecule has 11 heavy (non-hydrogen) atoms. The minimum atomic E-state index is -0.750. The lowest BCUT2D eigenvalue weighted by Crippen LogP contribution is -1.79. The Bertz CT molecular complexity index is 178. The van der Waals surface area contributed by atoms with Crippen molar-refractivity contribution in [3.8, 4) is 0 Å². The molecule has 0 amide bonds. The van der Waals surface area contributed by atoms with Crippen LogP contribution >= 0.6 is 34.4 Å². The van der Waals surface area contributed by atoms with Crippen molar-refractivity contribution < 1.29 is 0 Å². The van der Waals surface area contributed by atoms with E-state index in [1.54, 1.807) is 0 Å². The van der Waals surface area contributed by atoms with E-state index in [1.807, 2.05) is 30.3 Å². The van der Waals surface area contributed by atoms with Crippen LogP contribution in [0.25, 0.3) is 0 Å². The van der Waals surface area contributed by atoms with Gasteiger partial charge in [-0.25, -0.2) is 0 Å². The van der Waals surface area contributed by atoms with E-state index in [4.69, 9.17) is 40.1 Å². The van der Waals surface area contributed by atoms with Crippen LogP contribution in [-0.4, -0.2) is 4.96 Å². The molecule has 0 saturated heterocycles. The smallest absolute Gasteiger partial charge is 0.399 e. The lowest BCUT2D eigenvalue weighted by atomic mass is 10.3. The first kappa shape index (κ1) is 11.0. The maximum absolute atomic E-state index is 5.36. The summed E-state index contributed by atoms with van der Waals surface area (Å²) in [5.41, 5.74) is 6.18. The average Bonchev–Trinajstić information content (AvgIpc) is 1.87. The van der Waals surface area contributed by atoms with Crippen molar-refractivity contribution in [1.82, 2.24) is 0 Å². The number of hydrogen-bond donors (Lipinski definition) is 1. The lowest BCUT2D eigenvalue weighted by molar-refractivity contribution is 1.69. The molecule has 0 aliphatic heterocycles. The number of anilines is 1. The normalized spacial score (nSPS) is 7.91. The van der Waals surface area contributed by atoms with E-state index in [0.717, 1.165) is 5.69 Å². The first-order valence-electron chi connectivity index (χ1n) is 2.85. The van der Waals surface area contributed by atoms with E-state index in [-0.39, 0.29) is 0 Å². The molecule has 0 aliphatic rings. The summed E-state index contributed by atoms with van der Waals surface area (Å²) >= 11 is 14.4. The summed E-state index contributed by atoms with van der Waals surface area (Å²) in [4.78, 5) is -0.750. The molecule has 0 radical (unpaired) electrons. The number of para-hydroxylation sites is 1. The molecule has 60 valence electrons. The Morgan fingerprint density at radius 3 is 1.55 bits per heavy atom. The first-order chi connectivity index (χ1) is 5.13. The van der Waals surface area contributed by atoms with Crippen LogP contribution in [0, 0.1) is 0 Å². The van der Waals surface area contributed by atoms with E-state index < -0.39 is 4.96 Å². The van der Waals surface area contributed by atoms with Gasteiger partial charge in [0.2, 0.25) is 0 Å². The van der Waals surface area contributed by atoms with Crippen molar-refractivity contribution in [1.29, 1.82) is 0 Å². The standard InChI is InChI=1S/C6H7N.BCl3/c7-6-4-2-1-3-5-6;2-1(3)4/h1-5H,7H2;. The lowest BCUT2D eigenvalue weighted by Gasteiger charge is -1.83. The molecule has 1 aromatic rings. The summed E-state index contributed by atoms with van der Waals surface area (Å²) in [6.07, 6.45) is 0. The third kappa shape index (κ3) is 9.95. The molecule has 0 aromatic heterocycles. The van der Waals surface area contributed by atoms with Crippen LogP contribution in [0.4, 0.5) is 5.69 Å². The Kier molecular flexibility index (Phi) is 6.62. The summed E-state index contributed by atoms with van der Waals surface area (Å²) in [7, 11) is 0. The molecule has 0 atom stereocenters. The van der Waals surface area contributed by atoms with Gasteiger partial charge in [0.25, 0.3) is 0 Å². The Morgan fingerprint density at radius 1 is 1.00 bits per heavy atom. The van der Waals surface area contributed by atoms with Gasteiger partial charge in [-0.3, -0.25) is 0 Å². The molecule has 1 nitrogen and oxygen atoms in total.